The minimum Gasteiger partial charge on any atom is -0.301 e. The minimum absolute atomic E-state index is 0.0857. The van der Waals surface area contributed by atoms with Crippen molar-refractivity contribution < 1.29 is 31.1 Å². The van der Waals surface area contributed by atoms with Gasteiger partial charge in [-0.05, 0) is 24.6 Å². The summed E-state index contributed by atoms with van der Waals surface area (Å²) in [7, 11) is 0. The molecular formula is C14H11F6N3O. The van der Waals surface area contributed by atoms with Crippen LogP contribution in [-0.4, -0.2) is 21.9 Å². The fourth-order valence-corrected chi connectivity index (χ4v) is 1.94. The summed E-state index contributed by atoms with van der Waals surface area (Å²) in [6, 6.07) is 5.69. The first kappa shape index (κ1) is 17.8. The monoisotopic (exact) mass is 351 g/mol. The molecule has 0 atom stereocenters. The lowest BCUT2D eigenvalue weighted by atomic mass is 10.1. The number of carbonyl (C=O) groups excluding carboxylic acids is 1. The predicted octanol–water partition coefficient (Wildman–Crippen LogP) is 3.76. The standard InChI is InChI=1S/C14H11F6N3O/c1-8-5-11(21-12(24)14(18,19)20)22-23(8)7-9-3-2-4-10(6-9)13(15,16)17/h2-6H,7H2,1H3,(H,21,22,24). The molecule has 0 fully saturated rings. The Morgan fingerprint density at radius 1 is 1.17 bits per heavy atom. The van der Waals surface area contributed by atoms with E-state index in [1.807, 2.05) is 0 Å². The summed E-state index contributed by atoms with van der Waals surface area (Å²) >= 11 is 0. The highest BCUT2D eigenvalue weighted by Crippen LogP contribution is 2.29. The van der Waals surface area contributed by atoms with Crippen molar-refractivity contribution in [3.63, 3.8) is 0 Å². The van der Waals surface area contributed by atoms with Gasteiger partial charge in [-0.2, -0.15) is 31.4 Å². The van der Waals surface area contributed by atoms with Gasteiger partial charge >= 0.3 is 18.3 Å². The SMILES string of the molecule is Cc1cc(NC(=O)C(F)(F)F)nn1Cc1cccc(C(F)(F)F)c1. The van der Waals surface area contributed by atoms with Crippen LogP contribution >= 0.6 is 0 Å². The number of anilines is 1. The summed E-state index contributed by atoms with van der Waals surface area (Å²) in [5.74, 6) is -2.51. The van der Waals surface area contributed by atoms with Gasteiger partial charge in [0, 0.05) is 11.8 Å². The number of aromatic nitrogens is 2. The van der Waals surface area contributed by atoms with E-state index in [0.717, 1.165) is 12.1 Å². The van der Waals surface area contributed by atoms with E-state index in [-0.39, 0.29) is 17.9 Å². The second-order valence-electron chi connectivity index (χ2n) is 4.98. The van der Waals surface area contributed by atoms with Crippen LogP contribution in [-0.2, 0) is 17.5 Å². The fraction of sp³-hybridized carbons (Fsp3) is 0.286. The van der Waals surface area contributed by atoms with Gasteiger partial charge in [0.25, 0.3) is 0 Å². The normalized spacial score (nSPS) is 12.3. The molecule has 0 aliphatic carbocycles. The molecule has 10 heteroatoms. The van der Waals surface area contributed by atoms with Crippen LogP contribution in [0.4, 0.5) is 32.2 Å². The molecule has 2 aromatic rings. The van der Waals surface area contributed by atoms with E-state index in [4.69, 9.17) is 0 Å². The number of amides is 1. The molecule has 0 saturated heterocycles. The Morgan fingerprint density at radius 2 is 1.83 bits per heavy atom. The van der Waals surface area contributed by atoms with E-state index in [1.54, 1.807) is 5.32 Å². The molecule has 1 aromatic carbocycles. The summed E-state index contributed by atoms with van der Waals surface area (Å²) in [5, 5.41) is 5.34. The van der Waals surface area contributed by atoms with Crippen LogP contribution in [0, 0.1) is 6.92 Å². The van der Waals surface area contributed by atoms with Gasteiger partial charge in [0.05, 0.1) is 12.1 Å². The third-order valence-electron chi connectivity index (χ3n) is 3.07. The lowest BCUT2D eigenvalue weighted by Gasteiger charge is -2.09. The fourth-order valence-electron chi connectivity index (χ4n) is 1.94. The van der Waals surface area contributed by atoms with E-state index in [9.17, 15) is 31.1 Å². The van der Waals surface area contributed by atoms with Crippen LogP contribution in [0.15, 0.2) is 30.3 Å². The van der Waals surface area contributed by atoms with E-state index in [2.05, 4.69) is 5.10 Å². The summed E-state index contributed by atoms with van der Waals surface area (Å²) in [6.07, 6.45) is -9.56. The molecule has 1 amide bonds. The van der Waals surface area contributed by atoms with Crippen molar-refractivity contribution in [2.75, 3.05) is 5.32 Å². The maximum atomic E-state index is 12.7. The van der Waals surface area contributed by atoms with Crippen molar-refractivity contribution in [2.45, 2.75) is 25.8 Å². The van der Waals surface area contributed by atoms with Gasteiger partial charge < -0.3 is 5.32 Å². The second kappa shape index (κ2) is 6.17. The lowest BCUT2D eigenvalue weighted by molar-refractivity contribution is -0.167. The van der Waals surface area contributed by atoms with Crippen molar-refractivity contribution in [3.05, 3.63) is 47.2 Å². The Labute approximate surface area is 132 Å². The van der Waals surface area contributed by atoms with E-state index in [0.29, 0.717) is 5.69 Å². The number of rotatable bonds is 3. The molecule has 24 heavy (non-hydrogen) atoms. The van der Waals surface area contributed by atoms with Gasteiger partial charge in [0.2, 0.25) is 0 Å². The van der Waals surface area contributed by atoms with E-state index in [1.165, 1.54) is 29.8 Å². The van der Waals surface area contributed by atoms with Crippen molar-refractivity contribution in [1.29, 1.82) is 0 Å². The number of benzene rings is 1. The molecule has 0 radical (unpaired) electrons. The van der Waals surface area contributed by atoms with Gasteiger partial charge in [-0.15, -0.1) is 0 Å². The highest BCUT2D eigenvalue weighted by Gasteiger charge is 2.39. The molecule has 0 spiro atoms. The van der Waals surface area contributed by atoms with Gasteiger partial charge in [0.15, 0.2) is 5.82 Å². The first-order valence-electron chi connectivity index (χ1n) is 6.55. The zero-order valence-corrected chi connectivity index (χ0v) is 12.2. The quantitative estimate of drug-likeness (QED) is 0.856. The average molecular weight is 351 g/mol. The maximum absolute atomic E-state index is 12.7. The third-order valence-corrected chi connectivity index (χ3v) is 3.07. The number of carbonyl (C=O) groups is 1. The van der Waals surface area contributed by atoms with Gasteiger partial charge in [-0.3, -0.25) is 9.48 Å². The van der Waals surface area contributed by atoms with Crippen molar-refractivity contribution in [1.82, 2.24) is 9.78 Å². The molecule has 1 N–H and O–H groups in total. The van der Waals surface area contributed by atoms with Crippen LogP contribution in [0.5, 0.6) is 0 Å². The number of aryl methyl sites for hydroxylation is 1. The first-order valence-corrected chi connectivity index (χ1v) is 6.55. The number of hydrogen-bond acceptors (Lipinski definition) is 2. The number of nitrogens with zero attached hydrogens (tertiary/aromatic N) is 2. The highest BCUT2D eigenvalue weighted by atomic mass is 19.4. The van der Waals surface area contributed by atoms with Crippen molar-refractivity contribution in [3.8, 4) is 0 Å². The van der Waals surface area contributed by atoms with Crippen LogP contribution in [0.3, 0.4) is 0 Å². The summed E-state index contributed by atoms with van der Waals surface area (Å²) in [6.45, 7) is 1.42. The smallest absolute Gasteiger partial charge is 0.301 e. The molecule has 4 nitrogen and oxygen atoms in total. The van der Waals surface area contributed by atoms with Crippen molar-refractivity contribution >= 4 is 11.7 Å². The summed E-state index contributed by atoms with van der Waals surface area (Å²) < 4.78 is 75.8. The second-order valence-corrected chi connectivity index (χ2v) is 4.98. The zero-order chi connectivity index (χ0) is 18.1. The van der Waals surface area contributed by atoms with Crippen LogP contribution in [0.2, 0.25) is 0 Å². The zero-order valence-electron chi connectivity index (χ0n) is 12.2. The Bertz CT molecular complexity index is 748. The molecule has 1 aromatic heterocycles. The van der Waals surface area contributed by atoms with Gasteiger partial charge in [0.1, 0.15) is 0 Å². The lowest BCUT2D eigenvalue weighted by Crippen LogP contribution is -2.30. The Kier molecular flexibility index (Phi) is 4.59. The topological polar surface area (TPSA) is 46.9 Å². The molecule has 0 aliphatic rings. The van der Waals surface area contributed by atoms with Gasteiger partial charge in [-0.1, -0.05) is 12.1 Å². The number of halogens is 6. The van der Waals surface area contributed by atoms with Crippen molar-refractivity contribution in [2.24, 2.45) is 0 Å². The molecular weight excluding hydrogens is 340 g/mol. The molecule has 2 rings (SSSR count). The molecule has 1 heterocycles. The molecule has 0 saturated carbocycles. The Morgan fingerprint density at radius 3 is 2.42 bits per heavy atom. The first-order chi connectivity index (χ1) is 11.0. The molecule has 0 unspecified atom stereocenters. The van der Waals surface area contributed by atoms with Crippen LogP contribution in [0.1, 0.15) is 16.8 Å². The van der Waals surface area contributed by atoms with E-state index < -0.39 is 23.8 Å². The number of alkyl halides is 6. The molecule has 130 valence electrons. The van der Waals surface area contributed by atoms with E-state index >= 15 is 0 Å². The third kappa shape index (κ3) is 4.27. The average Bonchev–Trinajstić information content (AvgIpc) is 2.77. The molecule has 0 bridgehead atoms. The van der Waals surface area contributed by atoms with Gasteiger partial charge in [-0.25, -0.2) is 0 Å². The number of hydrogen-bond donors (Lipinski definition) is 1. The highest BCUT2D eigenvalue weighted by molar-refractivity contribution is 5.94. The number of nitrogens with one attached hydrogen (secondary N) is 1. The minimum atomic E-state index is -5.06. The summed E-state index contributed by atoms with van der Waals surface area (Å²) in [5.41, 5.74) is -0.190. The molecule has 0 aliphatic heterocycles. The maximum Gasteiger partial charge on any atom is 0.471 e. The van der Waals surface area contributed by atoms with Crippen LogP contribution < -0.4 is 5.32 Å². The van der Waals surface area contributed by atoms with Crippen LogP contribution in [0.25, 0.3) is 0 Å². The predicted molar refractivity (Wildman–Crippen MR) is 72.2 cm³/mol. The summed E-state index contributed by atoms with van der Waals surface area (Å²) in [4.78, 5) is 10.9. The Hall–Kier alpha value is -2.52. The Balaban J connectivity index is 2.18. The largest absolute Gasteiger partial charge is 0.471 e.